The highest BCUT2D eigenvalue weighted by atomic mass is 16.3. The van der Waals surface area contributed by atoms with Crippen molar-refractivity contribution in [2.75, 3.05) is 5.32 Å². The van der Waals surface area contributed by atoms with Gasteiger partial charge in [0, 0.05) is 17.9 Å². The number of carbonyl (C=O) groups excluding carboxylic acids is 1. The Balaban J connectivity index is 1.68. The van der Waals surface area contributed by atoms with Crippen LogP contribution in [0.4, 0.5) is 5.82 Å². The molecule has 0 bridgehead atoms. The normalized spacial score (nSPS) is 16.8. The Bertz CT molecular complexity index is 876. The van der Waals surface area contributed by atoms with Crippen LogP contribution in [-0.4, -0.2) is 15.7 Å². The maximum atomic E-state index is 12.3. The molecule has 4 rings (SSSR count). The fraction of sp³-hybridized carbons (Fsp3) is 0.300. The molecule has 0 radical (unpaired) electrons. The van der Waals surface area contributed by atoms with Crippen molar-refractivity contribution < 1.29 is 9.21 Å². The monoisotopic (exact) mass is 335 g/mol. The third-order valence-electron chi connectivity index (χ3n) is 4.78. The Morgan fingerprint density at radius 1 is 1.28 bits per heavy atom. The zero-order chi connectivity index (χ0) is 17.4. The summed E-state index contributed by atoms with van der Waals surface area (Å²) in [5, 5.41) is 7.44. The number of carbonyl (C=O) groups is 1. The average Bonchev–Trinajstić information content (AvgIpc) is 3.25. The fourth-order valence-corrected chi connectivity index (χ4v) is 3.35. The van der Waals surface area contributed by atoms with Crippen molar-refractivity contribution in [3.05, 3.63) is 71.3 Å². The summed E-state index contributed by atoms with van der Waals surface area (Å²) < 4.78 is 7.19. The number of amides is 1. The zero-order valence-electron chi connectivity index (χ0n) is 14.4. The van der Waals surface area contributed by atoms with Gasteiger partial charge in [-0.05, 0) is 29.2 Å². The third-order valence-corrected chi connectivity index (χ3v) is 4.78. The highest BCUT2D eigenvalue weighted by Gasteiger charge is 2.30. The lowest BCUT2D eigenvalue weighted by molar-refractivity contribution is -0.116. The van der Waals surface area contributed by atoms with E-state index in [-0.39, 0.29) is 11.8 Å². The molecular formula is C20H21N3O2. The quantitative estimate of drug-likeness (QED) is 0.780. The Labute approximate surface area is 146 Å². The van der Waals surface area contributed by atoms with Gasteiger partial charge in [-0.15, -0.1) is 0 Å². The van der Waals surface area contributed by atoms with Gasteiger partial charge in [0.15, 0.2) is 0 Å². The van der Waals surface area contributed by atoms with Crippen LogP contribution in [0.15, 0.2) is 53.3 Å². The molecular weight excluding hydrogens is 314 g/mol. The van der Waals surface area contributed by atoms with Crippen LogP contribution < -0.4 is 5.32 Å². The number of hydrogen-bond donors (Lipinski definition) is 1. The molecule has 0 fully saturated rings. The molecule has 0 spiro atoms. The SMILES string of the molecule is CC(C)c1ccc([C@H]2CC(=O)Nc3c2cnn3Cc2ccco2)cc1. The molecule has 1 amide bonds. The lowest BCUT2D eigenvalue weighted by Crippen LogP contribution is -2.25. The number of furan rings is 1. The number of fused-ring (bicyclic) bond motifs is 1. The van der Waals surface area contributed by atoms with E-state index in [1.54, 1.807) is 10.9 Å². The number of nitrogens with zero attached hydrogens (tertiary/aromatic N) is 2. The predicted octanol–water partition coefficient (Wildman–Crippen LogP) is 4.12. The van der Waals surface area contributed by atoms with Crippen molar-refractivity contribution >= 4 is 11.7 Å². The Kier molecular flexibility index (Phi) is 3.92. The number of anilines is 1. The second-order valence-corrected chi connectivity index (χ2v) is 6.81. The van der Waals surface area contributed by atoms with Gasteiger partial charge in [-0.2, -0.15) is 5.10 Å². The minimum atomic E-state index is 0.0200. The fourth-order valence-electron chi connectivity index (χ4n) is 3.35. The lowest BCUT2D eigenvalue weighted by atomic mass is 9.86. The maximum Gasteiger partial charge on any atom is 0.226 e. The number of nitrogens with one attached hydrogen (secondary N) is 1. The average molecular weight is 335 g/mol. The van der Waals surface area contributed by atoms with Crippen molar-refractivity contribution in [1.29, 1.82) is 0 Å². The zero-order valence-corrected chi connectivity index (χ0v) is 14.4. The second kappa shape index (κ2) is 6.24. The van der Waals surface area contributed by atoms with E-state index in [1.807, 2.05) is 18.3 Å². The van der Waals surface area contributed by atoms with Gasteiger partial charge in [0.05, 0.1) is 12.5 Å². The van der Waals surface area contributed by atoms with E-state index < -0.39 is 0 Å². The van der Waals surface area contributed by atoms with Crippen LogP contribution in [0.3, 0.4) is 0 Å². The molecule has 0 saturated heterocycles. The van der Waals surface area contributed by atoms with E-state index in [0.717, 1.165) is 22.7 Å². The van der Waals surface area contributed by atoms with E-state index in [4.69, 9.17) is 4.42 Å². The van der Waals surface area contributed by atoms with Gasteiger partial charge in [-0.3, -0.25) is 4.79 Å². The van der Waals surface area contributed by atoms with Crippen molar-refractivity contribution in [1.82, 2.24) is 9.78 Å². The van der Waals surface area contributed by atoms with Gasteiger partial charge in [0.2, 0.25) is 5.91 Å². The predicted molar refractivity (Wildman–Crippen MR) is 95.7 cm³/mol. The second-order valence-electron chi connectivity index (χ2n) is 6.81. The van der Waals surface area contributed by atoms with E-state index >= 15 is 0 Å². The first-order valence-electron chi connectivity index (χ1n) is 8.59. The molecule has 5 heteroatoms. The molecule has 25 heavy (non-hydrogen) atoms. The van der Waals surface area contributed by atoms with Crippen LogP contribution in [0.25, 0.3) is 0 Å². The molecule has 1 aliphatic rings. The van der Waals surface area contributed by atoms with Crippen LogP contribution in [0, 0.1) is 0 Å². The van der Waals surface area contributed by atoms with Crippen molar-refractivity contribution in [2.45, 2.75) is 38.6 Å². The number of hydrogen-bond acceptors (Lipinski definition) is 3. The van der Waals surface area contributed by atoms with E-state index in [9.17, 15) is 4.79 Å². The Hall–Kier alpha value is -2.82. The van der Waals surface area contributed by atoms with Crippen LogP contribution in [0.2, 0.25) is 0 Å². The van der Waals surface area contributed by atoms with Crippen LogP contribution in [-0.2, 0) is 11.3 Å². The first kappa shape index (κ1) is 15.7. The minimum Gasteiger partial charge on any atom is -0.467 e. The van der Waals surface area contributed by atoms with Gasteiger partial charge in [0.25, 0.3) is 0 Å². The van der Waals surface area contributed by atoms with Gasteiger partial charge in [-0.1, -0.05) is 38.1 Å². The summed E-state index contributed by atoms with van der Waals surface area (Å²) in [6, 6.07) is 12.3. The summed E-state index contributed by atoms with van der Waals surface area (Å²) in [6.07, 6.45) is 3.95. The number of rotatable bonds is 4. The smallest absolute Gasteiger partial charge is 0.226 e. The lowest BCUT2D eigenvalue weighted by Gasteiger charge is -2.24. The summed E-state index contributed by atoms with van der Waals surface area (Å²) in [5.74, 6) is 2.13. The highest BCUT2D eigenvalue weighted by Crippen LogP contribution is 2.37. The Morgan fingerprint density at radius 2 is 2.08 bits per heavy atom. The van der Waals surface area contributed by atoms with Crippen molar-refractivity contribution in [3.63, 3.8) is 0 Å². The molecule has 1 aromatic carbocycles. The molecule has 3 aromatic rings. The summed E-state index contributed by atoms with van der Waals surface area (Å²) in [7, 11) is 0. The van der Waals surface area contributed by atoms with E-state index in [0.29, 0.717) is 18.9 Å². The minimum absolute atomic E-state index is 0.0200. The summed E-state index contributed by atoms with van der Waals surface area (Å²) >= 11 is 0. The molecule has 2 aromatic heterocycles. The molecule has 128 valence electrons. The first-order valence-corrected chi connectivity index (χ1v) is 8.59. The molecule has 1 aliphatic heterocycles. The maximum absolute atomic E-state index is 12.3. The third kappa shape index (κ3) is 2.97. The van der Waals surface area contributed by atoms with Crippen LogP contribution in [0.1, 0.15) is 54.6 Å². The molecule has 0 unspecified atom stereocenters. The van der Waals surface area contributed by atoms with Crippen LogP contribution >= 0.6 is 0 Å². The number of aromatic nitrogens is 2. The van der Waals surface area contributed by atoms with Gasteiger partial charge >= 0.3 is 0 Å². The van der Waals surface area contributed by atoms with Crippen molar-refractivity contribution in [3.8, 4) is 0 Å². The summed E-state index contributed by atoms with van der Waals surface area (Å²) in [5.41, 5.74) is 3.51. The molecule has 0 saturated carbocycles. The topological polar surface area (TPSA) is 60.1 Å². The summed E-state index contributed by atoms with van der Waals surface area (Å²) in [4.78, 5) is 12.3. The van der Waals surface area contributed by atoms with Crippen LogP contribution in [0.5, 0.6) is 0 Å². The Morgan fingerprint density at radius 3 is 2.76 bits per heavy atom. The van der Waals surface area contributed by atoms with Crippen molar-refractivity contribution in [2.24, 2.45) is 0 Å². The standard InChI is InChI=1S/C20H21N3O2/c1-13(2)14-5-7-15(8-6-14)17-10-19(24)22-20-18(17)11-21-23(20)12-16-4-3-9-25-16/h3-9,11,13,17H,10,12H2,1-2H3,(H,22,24)/t17-/m1/s1. The first-order chi connectivity index (χ1) is 12.1. The van der Waals surface area contributed by atoms with Gasteiger partial charge in [0.1, 0.15) is 18.1 Å². The molecule has 1 atom stereocenters. The molecule has 5 nitrogen and oxygen atoms in total. The molecule has 1 N–H and O–H groups in total. The van der Waals surface area contributed by atoms with E-state index in [1.165, 1.54) is 5.56 Å². The number of benzene rings is 1. The van der Waals surface area contributed by atoms with Gasteiger partial charge < -0.3 is 9.73 Å². The highest BCUT2D eigenvalue weighted by molar-refractivity contribution is 5.94. The molecule has 3 heterocycles. The summed E-state index contributed by atoms with van der Waals surface area (Å²) in [6.45, 7) is 4.86. The van der Waals surface area contributed by atoms with Gasteiger partial charge in [-0.25, -0.2) is 4.68 Å². The molecule has 0 aliphatic carbocycles. The largest absolute Gasteiger partial charge is 0.467 e. The van der Waals surface area contributed by atoms with E-state index in [2.05, 4.69) is 48.5 Å².